The van der Waals surface area contributed by atoms with E-state index >= 15 is 0 Å². The molecule has 0 aliphatic carbocycles. The molecule has 4 nitrogen and oxygen atoms in total. The van der Waals surface area contributed by atoms with Crippen LogP contribution in [0.3, 0.4) is 0 Å². The van der Waals surface area contributed by atoms with Crippen LogP contribution in [0.4, 0.5) is 5.69 Å². The summed E-state index contributed by atoms with van der Waals surface area (Å²) < 4.78 is 0. The summed E-state index contributed by atoms with van der Waals surface area (Å²) in [5, 5.41) is 22.6. The van der Waals surface area contributed by atoms with Crippen molar-refractivity contribution in [2.75, 3.05) is 24.5 Å². The van der Waals surface area contributed by atoms with Crippen LogP contribution in [0.1, 0.15) is 22.7 Å². The second kappa shape index (κ2) is 6.71. The quantitative estimate of drug-likeness (QED) is 0.922. The van der Waals surface area contributed by atoms with E-state index in [9.17, 15) is 5.26 Å². The zero-order chi connectivity index (χ0) is 16.2. The summed E-state index contributed by atoms with van der Waals surface area (Å²) in [7, 11) is 0. The minimum Gasteiger partial charge on any atom is -0.361 e. The van der Waals surface area contributed by atoms with Crippen molar-refractivity contribution in [1.29, 1.82) is 10.5 Å². The summed E-state index contributed by atoms with van der Waals surface area (Å²) in [5.41, 5.74) is 3.05. The number of nitrogens with one attached hydrogen (secondary N) is 1. The summed E-state index contributed by atoms with van der Waals surface area (Å²) in [6, 6.07) is 17.5. The summed E-state index contributed by atoms with van der Waals surface area (Å²) >= 11 is 5.98. The van der Waals surface area contributed by atoms with E-state index in [1.54, 1.807) is 12.1 Å². The first-order valence-corrected chi connectivity index (χ1v) is 7.78. The Morgan fingerprint density at radius 2 is 1.87 bits per heavy atom. The molecule has 23 heavy (non-hydrogen) atoms. The van der Waals surface area contributed by atoms with Crippen molar-refractivity contribution in [3.63, 3.8) is 0 Å². The van der Waals surface area contributed by atoms with Crippen molar-refractivity contribution in [1.82, 2.24) is 5.32 Å². The van der Waals surface area contributed by atoms with Crippen molar-refractivity contribution in [3.8, 4) is 12.1 Å². The van der Waals surface area contributed by atoms with Gasteiger partial charge in [0.1, 0.15) is 6.07 Å². The molecule has 0 bridgehead atoms. The fourth-order valence-corrected chi connectivity index (χ4v) is 3.05. The third-order valence-electron chi connectivity index (χ3n) is 4.05. The van der Waals surface area contributed by atoms with Crippen LogP contribution < -0.4 is 10.2 Å². The number of hydrogen-bond acceptors (Lipinski definition) is 4. The molecule has 1 aliphatic rings. The Kier molecular flexibility index (Phi) is 4.48. The van der Waals surface area contributed by atoms with E-state index in [2.05, 4.69) is 22.4 Å². The molecule has 1 N–H and O–H groups in total. The van der Waals surface area contributed by atoms with Crippen LogP contribution in [-0.2, 0) is 0 Å². The molecule has 0 saturated carbocycles. The molecule has 2 aromatic rings. The van der Waals surface area contributed by atoms with Crippen molar-refractivity contribution >= 4 is 17.3 Å². The molecule has 1 atom stereocenters. The van der Waals surface area contributed by atoms with Gasteiger partial charge < -0.3 is 10.2 Å². The molecule has 0 unspecified atom stereocenters. The van der Waals surface area contributed by atoms with Crippen LogP contribution in [0.15, 0.2) is 42.5 Å². The van der Waals surface area contributed by atoms with Crippen molar-refractivity contribution in [2.24, 2.45) is 0 Å². The molecule has 1 fully saturated rings. The van der Waals surface area contributed by atoms with Crippen molar-refractivity contribution in [2.45, 2.75) is 6.04 Å². The minimum atomic E-state index is 0.126. The fraction of sp³-hybridized carbons (Fsp3) is 0.222. The Hall–Kier alpha value is -2.53. The maximum Gasteiger partial charge on any atom is 0.101 e. The topological polar surface area (TPSA) is 62.9 Å². The zero-order valence-corrected chi connectivity index (χ0v) is 13.2. The highest BCUT2D eigenvalue weighted by Gasteiger charge is 2.25. The first kappa shape index (κ1) is 15.4. The average molecular weight is 323 g/mol. The second-order valence-electron chi connectivity index (χ2n) is 5.42. The lowest BCUT2D eigenvalue weighted by atomic mass is 10.0. The van der Waals surface area contributed by atoms with Crippen LogP contribution in [0.5, 0.6) is 0 Å². The maximum absolute atomic E-state index is 9.44. The second-order valence-corrected chi connectivity index (χ2v) is 5.86. The molecule has 0 radical (unpaired) electrons. The van der Waals surface area contributed by atoms with Crippen LogP contribution >= 0.6 is 11.6 Å². The molecule has 1 heterocycles. The first-order valence-electron chi connectivity index (χ1n) is 7.40. The van der Waals surface area contributed by atoms with Crippen LogP contribution in [0.2, 0.25) is 5.02 Å². The van der Waals surface area contributed by atoms with E-state index in [1.165, 1.54) is 0 Å². The van der Waals surface area contributed by atoms with Crippen LogP contribution in [0.25, 0.3) is 0 Å². The maximum atomic E-state index is 9.44. The van der Waals surface area contributed by atoms with E-state index in [1.807, 2.05) is 30.3 Å². The van der Waals surface area contributed by atoms with E-state index in [-0.39, 0.29) is 6.04 Å². The van der Waals surface area contributed by atoms with Gasteiger partial charge in [0.05, 0.1) is 28.9 Å². The lowest BCUT2D eigenvalue weighted by Gasteiger charge is -2.38. The molecule has 1 saturated heterocycles. The fourth-order valence-electron chi connectivity index (χ4n) is 2.92. The number of nitriles is 2. The first-order chi connectivity index (χ1) is 11.2. The molecule has 5 heteroatoms. The van der Waals surface area contributed by atoms with Gasteiger partial charge in [-0.05, 0) is 35.9 Å². The van der Waals surface area contributed by atoms with Crippen LogP contribution in [0, 0.1) is 22.7 Å². The van der Waals surface area contributed by atoms with Gasteiger partial charge in [0, 0.05) is 24.7 Å². The normalized spacial score (nSPS) is 17.3. The van der Waals surface area contributed by atoms with Gasteiger partial charge in [-0.25, -0.2) is 0 Å². The molecule has 0 amide bonds. The number of piperazine rings is 1. The molecule has 114 valence electrons. The average Bonchev–Trinajstić information content (AvgIpc) is 2.62. The monoisotopic (exact) mass is 322 g/mol. The van der Waals surface area contributed by atoms with Crippen molar-refractivity contribution < 1.29 is 0 Å². The molecular formula is C18H15ClN4. The molecule has 0 aromatic heterocycles. The Balaban J connectivity index is 2.01. The molecule has 0 spiro atoms. The summed E-state index contributed by atoms with van der Waals surface area (Å²) in [5.74, 6) is 0. The van der Waals surface area contributed by atoms with Crippen molar-refractivity contribution in [3.05, 3.63) is 64.2 Å². The number of rotatable bonds is 2. The predicted octanol–water partition coefficient (Wildman–Crippen LogP) is 3.23. The summed E-state index contributed by atoms with van der Waals surface area (Å²) in [6.45, 7) is 2.45. The van der Waals surface area contributed by atoms with Gasteiger partial charge in [-0.2, -0.15) is 10.5 Å². The summed E-state index contributed by atoms with van der Waals surface area (Å²) in [6.07, 6.45) is 0. The highest BCUT2D eigenvalue weighted by atomic mass is 35.5. The highest BCUT2D eigenvalue weighted by molar-refractivity contribution is 6.30. The van der Waals surface area contributed by atoms with Gasteiger partial charge in [-0.15, -0.1) is 0 Å². The van der Waals surface area contributed by atoms with Gasteiger partial charge in [0.15, 0.2) is 0 Å². The largest absolute Gasteiger partial charge is 0.361 e. The Bertz CT molecular complexity index is 786. The third kappa shape index (κ3) is 3.14. The highest BCUT2D eigenvalue weighted by Crippen LogP contribution is 2.31. The SMILES string of the molecule is N#Cc1ccc(N2CCNC[C@H]2c2ccc(Cl)cc2)c(C#N)c1. The van der Waals surface area contributed by atoms with Gasteiger partial charge in [0.25, 0.3) is 0 Å². The van der Waals surface area contributed by atoms with Crippen LogP contribution in [-0.4, -0.2) is 19.6 Å². The molecular weight excluding hydrogens is 308 g/mol. The Morgan fingerprint density at radius 1 is 1.09 bits per heavy atom. The van der Waals surface area contributed by atoms with E-state index in [0.717, 1.165) is 30.9 Å². The third-order valence-corrected chi connectivity index (χ3v) is 4.31. The van der Waals surface area contributed by atoms with Gasteiger partial charge in [0.2, 0.25) is 0 Å². The van der Waals surface area contributed by atoms with Gasteiger partial charge in [-0.1, -0.05) is 23.7 Å². The van der Waals surface area contributed by atoms with Gasteiger partial charge in [-0.3, -0.25) is 0 Å². The van der Waals surface area contributed by atoms with E-state index in [4.69, 9.17) is 16.9 Å². The summed E-state index contributed by atoms with van der Waals surface area (Å²) in [4.78, 5) is 2.22. The lowest BCUT2D eigenvalue weighted by Crippen LogP contribution is -2.46. The van der Waals surface area contributed by atoms with E-state index < -0.39 is 0 Å². The molecule has 2 aromatic carbocycles. The predicted molar refractivity (Wildman–Crippen MR) is 90.3 cm³/mol. The molecule has 1 aliphatic heterocycles. The minimum absolute atomic E-state index is 0.126. The number of benzene rings is 2. The number of anilines is 1. The standard InChI is InChI=1S/C18H15ClN4/c19-16-4-2-14(3-5-16)18-12-22-7-8-23(18)17-6-1-13(10-20)9-15(17)11-21/h1-6,9,18,22H,7-8,12H2/t18-/m0/s1. The number of hydrogen-bond donors (Lipinski definition) is 1. The number of halogens is 1. The van der Waals surface area contributed by atoms with Gasteiger partial charge >= 0.3 is 0 Å². The smallest absolute Gasteiger partial charge is 0.101 e. The number of nitrogens with zero attached hydrogens (tertiary/aromatic N) is 3. The zero-order valence-electron chi connectivity index (χ0n) is 12.5. The molecule has 3 rings (SSSR count). The lowest BCUT2D eigenvalue weighted by molar-refractivity contribution is 0.489. The van der Waals surface area contributed by atoms with E-state index in [0.29, 0.717) is 16.1 Å². The Morgan fingerprint density at radius 3 is 2.57 bits per heavy atom. The Labute approximate surface area is 140 Å².